The predicted octanol–water partition coefficient (Wildman–Crippen LogP) is 9.14. The second-order valence-corrected chi connectivity index (χ2v) is 17.5. The van der Waals surface area contributed by atoms with Crippen LogP contribution in [0.3, 0.4) is 0 Å². The van der Waals surface area contributed by atoms with Gasteiger partial charge in [0.15, 0.2) is 11.6 Å². The first-order valence-corrected chi connectivity index (χ1v) is 23.4. The maximum atomic E-state index is 15.5. The topological polar surface area (TPSA) is 212 Å². The van der Waals surface area contributed by atoms with E-state index in [-0.39, 0.29) is 101 Å². The molecule has 19 nitrogen and oxygen atoms in total. The summed E-state index contributed by atoms with van der Waals surface area (Å²) in [4.78, 5) is 78.8. The second kappa shape index (κ2) is 24.0. The SMILES string of the molecule is COc1ccc(CN(C(=O)C2=C(c3ccc(OCCCCOc4ccc(C(F)(F)F)cc4F)cc3)CC3CN(C(=O)Oc4cccc(CO[N+](=O)[O-])c4)CC2N3C(=O)OCCCCO[N+](=O)[O-])C2CC2)cc1C. The summed E-state index contributed by atoms with van der Waals surface area (Å²) in [5.41, 5.74) is 2.48. The van der Waals surface area contributed by atoms with Gasteiger partial charge in [-0.3, -0.25) is 9.69 Å². The van der Waals surface area contributed by atoms with E-state index in [1.54, 1.807) is 48.4 Å². The number of amides is 3. The Morgan fingerprint density at radius 1 is 0.767 bits per heavy atom. The number of benzene rings is 4. The van der Waals surface area contributed by atoms with Crippen LogP contribution in [0.25, 0.3) is 5.57 Å². The highest BCUT2D eigenvalue weighted by Crippen LogP contribution is 2.42. The number of carbonyl (C=O) groups is 3. The van der Waals surface area contributed by atoms with Crippen molar-refractivity contribution in [1.29, 1.82) is 0 Å². The van der Waals surface area contributed by atoms with Gasteiger partial charge in [-0.05, 0) is 128 Å². The van der Waals surface area contributed by atoms with Crippen LogP contribution in [0.15, 0.2) is 90.5 Å². The summed E-state index contributed by atoms with van der Waals surface area (Å²) in [5.74, 6) is -0.543. The number of piperazine rings is 1. The Hall–Kier alpha value is -7.85. The van der Waals surface area contributed by atoms with E-state index >= 15 is 4.79 Å². The van der Waals surface area contributed by atoms with Gasteiger partial charge in [-0.2, -0.15) is 13.2 Å². The molecule has 4 aromatic carbocycles. The number of unbranched alkanes of at least 4 members (excludes halogenated alkanes) is 2. The zero-order valence-corrected chi connectivity index (χ0v) is 39.9. The molecule has 23 heteroatoms. The van der Waals surface area contributed by atoms with E-state index in [1.165, 1.54) is 21.9 Å². The summed E-state index contributed by atoms with van der Waals surface area (Å²) < 4.78 is 81.4. The molecule has 3 amide bonds. The summed E-state index contributed by atoms with van der Waals surface area (Å²) in [6.07, 6.45) is -3.38. The molecule has 2 aliphatic heterocycles. The third-order valence-electron chi connectivity index (χ3n) is 12.3. The molecule has 3 aliphatic rings. The minimum absolute atomic E-state index is 0.0288. The number of ether oxygens (including phenoxy) is 5. The smallest absolute Gasteiger partial charge is 0.416 e. The normalized spacial score (nSPS) is 16.3. The number of nitrogens with zero attached hydrogens (tertiary/aromatic N) is 5. The van der Waals surface area contributed by atoms with Crippen molar-refractivity contribution in [3.63, 3.8) is 0 Å². The van der Waals surface area contributed by atoms with Gasteiger partial charge in [0.2, 0.25) is 0 Å². The third kappa shape index (κ3) is 14.2. The molecule has 4 aromatic rings. The molecule has 2 atom stereocenters. The molecular weight excluding hydrogens is 971 g/mol. The van der Waals surface area contributed by atoms with Crippen molar-refractivity contribution in [1.82, 2.24) is 14.7 Å². The fraction of sp³-hybridized carbons (Fsp3) is 0.420. The summed E-state index contributed by atoms with van der Waals surface area (Å²) in [7, 11) is 1.57. The van der Waals surface area contributed by atoms with Crippen molar-refractivity contribution < 1.29 is 75.5 Å². The number of rotatable bonds is 23. The average molecular weight is 1020 g/mol. The van der Waals surface area contributed by atoms with Crippen LogP contribution in [-0.4, -0.2) is 108 Å². The van der Waals surface area contributed by atoms with Gasteiger partial charge in [-0.1, -0.05) is 36.4 Å². The van der Waals surface area contributed by atoms with Gasteiger partial charge >= 0.3 is 18.4 Å². The quantitative estimate of drug-likeness (QED) is 0.0294. The number of carbonyl (C=O) groups excluding carboxylic acids is 3. The maximum Gasteiger partial charge on any atom is 0.416 e. The summed E-state index contributed by atoms with van der Waals surface area (Å²) in [6.45, 7) is 1.41. The molecular formula is C50H53F4N5O14. The molecule has 2 fully saturated rings. The molecule has 1 saturated heterocycles. The Morgan fingerprint density at radius 3 is 2.14 bits per heavy atom. The van der Waals surface area contributed by atoms with Gasteiger partial charge in [0, 0.05) is 31.2 Å². The number of alkyl halides is 3. The minimum atomic E-state index is -4.69. The van der Waals surface area contributed by atoms with Crippen LogP contribution in [0.2, 0.25) is 0 Å². The van der Waals surface area contributed by atoms with Crippen molar-refractivity contribution in [3.05, 3.63) is 144 Å². The molecule has 73 heavy (non-hydrogen) atoms. The second-order valence-electron chi connectivity index (χ2n) is 17.5. The maximum absolute atomic E-state index is 15.5. The Balaban J connectivity index is 1.15. The van der Waals surface area contributed by atoms with E-state index in [4.69, 9.17) is 23.7 Å². The fourth-order valence-corrected chi connectivity index (χ4v) is 8.71. The first-order valence-electron chi connectivity index (χ1n) is 23.4. The van der Waals surface area contributed by atoms with E-state index in [9.17, 15) is 47.4 Å². The van der Waals surface area contributed by atoms with Crippen LogP contribution in [0.1, 0.15) is 72.8 Å². The van der Waals surface area contributed by atoms with Gasteiger partial charge in [0.1, 0.15) is 23.9 Å². The van der Waals surface area contributed by atoms with E-state index in [0.29, 0.717) is 47.1 Å². The van der Waals surface area contributed by atoms with Crippen molar-refractivity contribution in [2.45, 2.75) is 89.3 Å². The lowest BCUT2D eigenvalue weighted by Crippen LogP contribution is -2.65. The molecule has 2 heterocycles. The monoisotopic (exact) mass is 1020 g/mol. The Labute approximate surface area is 416 Å². The van der Waals surface area contributed by atoms with Crippen molar-refractivity contribution in [2.24, 2.45) is 0 Å². The van der Waals surface area contributed by atoms with Crippen molar-refractivity contribution in [3.8, 4) is 23.0 Å². The summed E-state index contributed by atoms with van der Waals surface area (Å²) >= 11 is 0. The molecule has 1 saturated carbocycles. The summed E-state index contributed by atoms with van der Waals surface area (Å²) in [5, 5.41) is 19.6. The molecule has 0 radical (unpaired) electrons. The van der Waals surface area contributed by atoms with Crippen LogP contribution in [0.5, 0.6) is 23.0 Å². The molecule has 0 N–H and O–H groups in total. The largest absolute Gasteiger partial charge is 0.496 e. The van der Waals surface area contributed by atoms with E-state index in [1.807, 2.05) is 25.1 Å². The molecule has 1 aliphatic carbocycles. The number of halogens is 4. The number of methoxy groups -OCH3 is 1. The first kappa shape index (κ1) is 53.0. The van der Waals surface area contributed by atoms with Crippen LogP contribution >= 0.6 is 0 Å². The van der Waals surface area contributed by atoms with Crippen LogP contribution in [0, 0.1) is 33.0 Å². The number of hydrogen-bond acceptors (Lipinski definition) is 14. The lowest BCUT2D eigenvalue weighted by molar-refractivity contribution is -0.763. The van der Waals surface area contributed by atoms with Gasteiger partial charge in [-0.25, -0.2) is 14.0 Å². The number of fused-ring (bicyclic) bond motifs is 2. The molecule has 7 rings (SSSR count). The summed E-state index contributed by atoms with van der Waals surface area (Å²) in [6, 6.07) is 18.8. The highest BCUT2D eigenvalue weighted by atomic mass is 19.4. The standard InChI is InChI=1S/C50H53F4N5O14/c1-32-24-33(10-18-44(32)67-2)28-56(37-14-15-37)47(60)46-41(35-11-16-39(17-12-35)68-20-3-4-21-69-45-19-13-36(26-42(45)51)50(52,53)54)27-38-29-55(48(61)73-40-9-7-8-34(25-40)31-72-59(65)66)30-43(46)57(38)49(62)70-22-5-6-23-71-58(63)64/h7-13,16-19,24-26,37-38,43H,3-6,14-15,20-23,27-31H2,1-2H3. The average Bonchev–Trinajstić information content (AvgIpc) is 4.20. The van der Waals surface area contributed by atoms with Crippen LogP contribution in [-0.2, 0) is 38.5 Å². The van der Waals surface area contributed by atoms with Crippen LogP contribution in [0.4, 0.5) is 27.2 Å². The first-order chi connectivity index (χ1) is 35.0. The zero-order chi connectivity index (χ0) is 52.2. The lowest BCUT2D eigenvalue weighted by Gasteiger charge is -2.50. The van der Waals surface area contributed by atoms with E-state index in [0.717, 1.165) is 36.1 Å². The van der Waals surface area contributed by atoms with Crippen LogP contribution < -0.4 is 18.9 Å². The van der Waals surface area contributed by atoms with E-state index in [2.05, 4.69) is 9.68 Å². The number of aryl methyl sites for hydroxylation is 1. The highest BCUT2D eigenvalue weighted by Gasteiger charge is 2.50. The van der Waals surface area contributed by atoms with E-state index < -0.39 is 52.0 Å². The molecule has 390 valence electrons. The third-order valence-corrected chi connectivity index (χ3v) is 12.3. The Morgan fingerprint density at radius 2 is 1.47 bits per heavy atom. The van der Waals surface area contributed by atoms with Gasteiger partial charge in [0.25, 0.3) is 16.1 Å². The molecule has 0 spiro atoms. The highest BCUT2D eigenvalue weighted by molar-refractivity contribution is 6.04. The van der Waals surface area contributed by atoms with Crippen molar-refractivity contribution >= 4 is 23.7 Å². The number of hydrogen-bond donors (Lipinski definition) is 0. The zero-order valence-electron chi connectivity index (χ0n) is 39.9. The molecule has 2 unspecified atom stereocenters. The Bertz CT molecular complexity index is 2670. The fourth-order valence-electron chi connectivity index (χ4n) is 8.71. The van der Waals surface area contributed by atoms with Gasteiger partial charge in [0.05, 0.1) is 51.2 Å². The lowest BCUT2D eigenvalue weighted by atomic mass is 9.81. The minimum Gasteiger partial charge on any atom is -0.496 e. The predicted molar refractivity (Wildman–Crippen MR) is 250 cm³/mol. The van der Waals surface area contributed by atoms with Gasteiger partial charge < -0.3 is 43.2 Å². The molecule has 2 bridgehead atoms. The van der Waals surface area contributed by atoms with Gasteiger partial charge in [-0.15, -0.1) is 20.2 Å². The molecule has 0 aromatic heterocycles. The Kier molecular flexibility index (Phi) is 17.4. The van der Waals surface area contributed by atoms with Crippen molar-refractivity contribution in [2.75, 3.05) is 46.6 Å².